The Balaban J connectivity index is 2.94. The van der Waals surface area contributed by atoms with Crippen LogP contribution < -0.4 is 5.32 Å². The second-order valence-corrected chi connectivity index (χ2v) is 6.19. The first kappa shape index (κ1) is 16.0. The summed E-state index contributed by atoms with van der Waals surface area (Å²) in [6.07, 6.45) is 6.68. The molecule has 0 radical (unpaired) electrons. The highest BCUT2D eigenvalue weighted by Crippen LogP contribution is 2.26. The molecule has 108 valence electrons. The number of nitrogens with one attached hydrogen (secondary N) is 1. The van der Waals surface area contributed by atoms with Gasteiger partial charge in [0.25, 0.3) is 0 Å². The van der Waals surface area contributed by atoms with Crippen LogP contribution in [0, 0.1) is 0 Å². The van der Waals surface area contributed by atoms with Crippen molar-refractivity contribution >= 4 is 6.08 Å². The van der Waals surface area contributed by atoms with E-state index >= 15 is 0 Å². The van der Waals surface area contributed by atoms with Crippen LogP contribution >= 0.6 is 0 Å². The summed E-state index contributed by atoms with van der Waals surface area (Å²) >= 11 is 0. The van der Waals surface area contributed by atoms with E-state index in [4.69, 9.17) is 0 Å². The maximum absolute atomic E-state index is 4.62. The van der Waals surface area contributed by atoms with Crippen molar-refractivity contribution in [1.29, 1.82) is 0 Å². The standard InChI is InChI=1S/C16H29N3/c1-7-9-17-11-13(8-2)10-14-12-19(6)18-15(14)16(3,4)5/h10,12,17H,7-9,11H2,1-6H3. The van der Waals surface area contributed by atoms with Crippen molar-refractivity contribution in [2.45, 2.75) is 52.9 Å². The smallest absolute Gasteiger partial charge is 0.0750 e. The third kappa shape index (κ3) is 4.83. The van der Waals surface area contributed by atoms with E-state index in [1.165, 1.54) is 23.3 Å². The Morgan fingerprint density at radius 1 is 1.37 bits per heavy atom. The van der Waals surface area contributed by atoms with Crippen LogP contribution in [-0.2, 0) is 12.5 Å². The van der Waals surface area contributed by atoms with E-state index in [9.17, 15) is 0 Å². The quantitative estimate of drug-likeness (QED) is 0.796. The minimum absolute atomic E-state index is 0.0861. The van der Waals surface area contributed by atoms with Crippen LogP contribution in [0.4, 0.5) is 0 Å². The van der Waals surface area contributed by atoms with E-state index in [0.717, 1.165) is 19.5 Å². The molecule has 0 spiro atoms. The van der Waals surface area contributed by atoms with Crippen LogP contribution in [-0.4, -0.2) is 22.9 Å². The van der Waals surface area contributed by atoms with Crippen molar-refractivity contribution in [3.05, 3.63) is 23.0 Å². The van der Waals surface area contributed by atoms with Gasteiger partial charge in [0.05, 0.1) is 5.69 Å². The van der Waals surface area contributed by atoms with Gasteiger partial charge in [-0.25, -0.2) is 0 Å². The van der Waals surface area contributed by atoms with Crippen LogP contribution in [0.25, 0.3) is 6.08 Å². The third-order valence-corrected chi connectivity index (χ3v) is 3.16. The van der Waals surface area contributed by atoms with Crippen molar-refractivity contribution in [2.75, 3.05) is 13.1 Å². The monoisotopic (exact) mass is 263 g/mol. The van der Waals surface area contributed by atoms with Crippen LogP contribution in [0.5, 0.6) is 0 Å². The lowest BCUT2D eigenvalue weighted by Gasteiger charge is -2.17. The molecule has 0 aliphatic heterocycles. The summed E-state index contributed by atoms with van der Waals surface area (Å²) in [6, 6.07) is 0. The lowest BCUT2D eigenvalue weighted by atomic mass is 9.89. The maximum Gasteiger partial charge on any atom is 0.0750 e. The number of hydrogen-bond acceptors (Lipinski definition) is 2. The molecule has 0 unspecified atom stereocenters. The van der Waals surface area contributed by atoms with Gasteiger partial charge in [0.1, 0.15) is 0 Å². The maximum atomic E-state index is 4.62. The second kappa shape index (κ2) is 6.90. The van der Waals surface area contributed by atoms with Crippen LogP contribution in [0.2, 0.25) is 0 Å². The normalized spacial score (nSPS) is 13.1. The molecule has 3 heteroatoms. The summed E-state index contributed by atoms with van der Waals surface area (Å²) in [5.74, 6) is 0. The highest BCUT2D eigenvalue weighted by Gasteiger charge is 2.20. The molecule has 0 aromatic carbocycles. The molecular weight excluding hydrogens is 234 g/mol. The molecule has 19 heavy (non-hydrogen) atoms. The van der Waals surface area contributed by atoms with E-state index in [1.54, 1.807) is 0 Å². The lowest BCUT2D eigenvalue weighted by molar-refractivity contribution is 0.552. The lowest BCUT2D eigenvalue weighted by Crippen LogP contribution is -2.18. The Kier molecular flexibility index (Phi) is 5.80. The van der Waals surface area contributed by atoms with Gasteiger partial charge in [-0.2, -0.15) is 5.10 Å². The molecule has 0 saturated heterocycles. The zero-order valence-corrected chi connectivity index (χ0v) is 13.4. The molecule has 0 atom stereocenters. The summed E-state index contributed by atoms with van der Waals surface area (Å²) < 4.78 is 1.92. The average Bonchev–Trinajstić information content (AvgIpc) is 2.69. The molecule has 3 nitrogen and oxygen atoms in total. The van der Waals surface area contributed by atoms with E-state index in [1.807, 2.05) is 11.7 Å². The highest BCUT2D eigenvalue weighted by atomic mass is 15.3. The van der Waals surface area contributed by atoms with Crippen molar-refractivity contribution < 1.29 is 0 Å². The molecule has 0 saturated carbocycles. The predicted molar refractivity (Wildman–Crippen MR) is 83.3 cm³/mol. The second-order valence-electron chi connectivity index (χ2n) is 6.19. The summed E-state index contributed by atoms with van der Waals surface area (Å²) in [5.41, 5.74) is 3.96. The molecule has 1 aromatic rings. The zero-order valence-electron chi connectivity index (χ0n) is 13.4. The van der Waals surface area contributed by atoms with Crippen molar-refractivity contribution in [1.82, 2.24) is 15.1 Å². The van der Waals surface area contributed by atoms with E-state index < -0.39 is 0 Å². The molecule has 0 aliphatic rings. The van der Waals surface area contributed by atoms with Gasteiger partial charge in [-0.15, -0.1) is 0 Å². The van der Waals surface area contributed by atoms with Crippen molar-refractivity contribution in [3.8, 4) is 0 Å². The SMILES string of the molecule is CCCNCC(=Cc1cn(C)nc1C(C)(C)C)CC. The van der Waals surface area contributed by atoms with Gasteiger partial charge in [0.2, 0.25) is 0 Å². The predicted octanol–water partition coefficient (Wildman–Crippen LogP) is 3.51. The number of rotatable bonds is 6. The molecule has 1 N–H and O–H groups in total. The molecule has 0 fully saturated rings. The number of aryl methyl sites for hydroxylation is 1. The van der Waals surface area contributed by atoms with Crippen LogP contribution in [0.15, 0.2) is 11.8 Å². The molecule has 1 rings (SSSR count). The number of nitrogens with zero attached hydrogens (tertiary/aromatic N) is 2. The molecular formula is C16H29N3. The topological polar surface area (TPSA) is 29.9 Å². The fourth-order valence-electron chi connectivity index (χ4n) is 2.12. The van der Waals surface area contributed by atoms with Crippen LogP contribution in [0.3, 0.4) is 0 Å². The highest BCUT2D eigenvalue weighted by molar-refractivity contribution is 5.56. The minimum Gasteiger partial charge on any atom is -0.313 e. The van der Waals surface area contributed by atoms with Gasteiger partial charge in [0.15, 0.2) is 0 Å². The fourth-order valence-corrected chi connectivity index (χ4v) is 2.12. The van der Waals surface area contributed by atoms with Gasteiger partial charge in [-0.3, -0.25) is 4.68 Å². The molecule has 1 heterocycles. The van der Waals surface area contributed by atoms with Crippen molar-refractivity contribution in [3.63, 3.8) is 0 Å². The Hall–Kier alpha value is -1.09. The van der Waals surface area contributed by atoms with E-state index in [0.29, 0.717) is 0 Å². The Morgan fingerprint density at radius 3 is 2.58 bits per heavy atom. The Morgan fingerprint density at radius 2 is 2.05 bits per heavy atom. The van der Waals surface area contributed by atoms with Gasteiger partial charge in [-0.05, 0) is 19.4 Å². The summed E-state index contributed by atoms with van der Waals surface area (Å²) in [7, 11) is 1.99. The Bertz CT molecular complexity index is 422. The minimum atomic E-state index is 0.0861. The first-order valence-corrected chi connectivity index (χ1v) is 7.32. The van der Waals surface area contributed by atoms with Crippen molar-refractivity contribution in [2.24, 2.45) is 7.05 Å². The molecule has 0 amide bonds. The number of aromatic nitrogens is 2. The molecule has 0 bridgehead atoms. The largest absolute Gasteiger partial charge is 0.313 e. The Labute approximate surface area is 118 Å². The number of hydrogen-bond donors (Lipinski definition) is 1. The first-order chi connectivity index (χ1) is 8.88. The average molecular weight is 263 g/mol. The van der Waals surface area contributed by atoms with Gasteiger partial charge < -0.3 is 5.32 Å². The van der Waals surface area contributed by atoms with Gasteiger partial charge >= 0.3 is 0 Å². The van der Waals surface area contributed by atoms with Crippen LogP contribution in [0.1, 0.15) is 58.7 Å². The fraction of sp³-hybridized carbons (Fsp3) is 0.688. The van der Waals surface area contributed by atoms with E-state index in [-0.39, 0.29) is 5.41 Å². The zero-order chi connectivity index (χ0) is 14.5. The molecule has 1 aromatic heterocycles. The summed E-state index contributed by atoms with van der Waals surface area (Å²) in [5, 5.41) is 8.09. The third-order valence-electron chi connectivity index (χ3n) is 3.16. The summed E-state index contributed by atoms with van der Waals surface area (Å²) in [6.45, 7) is 13.1. The molecule has 0 aliphatic carbocycles. The van der Waals surface area contributed by atoms with Gasteiger partial charge in [0, 0.05) is 30.8 Å². The van der Waals surface area contributed by atoms with E-state index in [2.05, 4.69) is 57.3 Å². The first-order valence-electron chi connectivity index (χ1n) is 7.32. The summed E-state index contributed by atoms with van der Waals surface area (Å²) in [4.78, 5) is 0. The van der Waals surface area contributed by atoms with Gasteiger partial charge in [-0.1, -0.05) is 46.3 Å².